The standard InChI is InChI=1S/C16H26O4S/c1-2-19-16(4-8-18-9-5-16)14(17)13-3-7-20-15(11-13)6-10-21-12-15/h13H,2-12H2,1H3. The third-order valence-electron chi connectivity index (χ3n) is 5.10. The lowest BCUT2D eigenvalue weighted by Gasteiger charge is -2.42. The number of rotatable bonds is 4. The van der Waals surface area contributed by atoms with Crippen LogP contribution in [0.25, 0.3) is 0 Å². The SMILES string of the molecule is CCOC1(C(=O)C2CCOC3(CCSC3)C2)CCOCC1. The zero-order valence-corrected chi connectivity index (χ0v) is 13.7. The minimum atomic E-state index is -0.595. The second kappa shape index (κ2) is 6.57. The first-order valence-corrected chi connectivity index (χ1v) is 9.33. The number of carbonyl (C=O) groups is 1. The van der Waals surface area contributed by atoms with Gasteiger partial charge in [-0.3, -0.25) is 4.79 Å². The summed E-state index contributed by atoms with van der Waals surface area (Å²) in [4.78, 5) is 13.2. The van der Waals surface area contributed by atoms with Crippen LogP contribution in [0.5, 0.6) is 0 Å². The number of carbonyl (C=O) groups excluding carboxylic acids is 1. The zero-order valence-electron chi connectivity index (χ0n) is 12.9. The summed E-state index contributed by atoms with van der Waals surface area (Å²) >= 11 is 1.95. The van der Waals surface area contributed by atoms with Crippen molar-refractivity contribution in [3.05, 3.63) is 0 Å². The van der Waals surface area contributed by atoms with Gasteiger partial charge in [-0.2, -0.15) is 11.8 Å². The second-order valence-electron chi connectivity index (χ2n) is 6.43. The van der Waals surface area contributed by atoms with Crippen molar-refractivity contribution in [1.29, 1.82) is 0 Å². The molecule has 3 heterocycles. The molecule has 0 amide bonds. The second-order valence-corrected chi connectivity index (χ2v) is 7.53. The van der Waals surface area contributed by atoms with E-state index in [2.05, 4.69) is 0 Å². The summed E-state index contributed by atoms with van der Waals surface area (Å²) in [5, 5.41) is 0. The molecule has 0 aromatic carbocycles. The summed E-state index contributed by atoms with van der Waals surface area (Å²) in [5.74, 6) is 2.61. The van der Waals surface area contributed by atoms with Gasteiger partial charge in [0.05, 0.1) is 5.60 Å². The van der Waals surface area contributed by atoms with Crippen LogP contribution in [-0.2, 0) is 19.0 Å². The predicted octanol–water partition coefficient (Wildman–Crippen LogP) is 2.44. The first-order chi connectivity index (χ1) is 10.2. The largest absolute Gasteiger partial charge is 0.381 e. The van der Waals surface area contributed by atoms with Crippen LogP contribution in [0.3, 0.4) is 0 Å². The van der Waals surface area contributed by atoms with E-state index >= 15 is 0 Å². The average Bonchev–Trinajstić information content (AvgIpc) is 2.95. The molecule has 0 N–H and O–H groups in total. The van der Waals surface area contributed by atoms with E-state index in [1.807, 2.05) is 18.7 Å². The molecule has 2 atom stereocenters. The van der Waals surface area contributed by atoms with Gasteiger partial charge >= 0.3 is 0 Å². The predicted molar refractivity (Wildman–Crippen MR) is 82.8 cm³/mol. The summed E-state index contributed by atoms with van der Waals surface area (Å²) < 4.78 is 17.5. The van der Waals surface area contributed by atoms with Crippen LogP contribution in [-0.4, -0.2) is 54.9 Å². The number of hydrogen-bond donors (Lipinski definition) is 0. The Morgan fingerprint density at radius 1 is 1.29 bits per heavy atom. The van der Waals surface area contributed by atoms with Crippen molar-refractivity contribution >= 4 is 17.5 Å². The maximum absolute atomic E-state index is 13.2. The van der Waals surface area contributed by atoms with Gasteiger partial charge in [0.25, 0.3) is 0 Å². The van der Waals surface area contributed by atoms with Gasteiger partial charge in [0.1, 0.15) is 5.60 Å². The van der Waals surface area contributed by atoms with E-state index in [1.54, 1.807) is 0 Å². The number of ketones is 1. The topological polar surface area (TPSA) is 44.8 Å². The van der Waals surface area contributed by atoms with E-state index in [-0.39, 0.29) is 11.5 Å². The summed E-state index contributed by atoms with van der Waals surface area (Å²) in [6.07, 6.45) is 4.24. The Kier molecular flexibility index (Phi) is 4.94. The molecule has 21 heavy (non-hydrogen) atoms. The highest BCUT2D eigenvalue weighted by molar-refractivity contribution is 7.99. The van der Waals surface area contributed by atoms with Crippen molar-refractivity contribution in [3.8, 4) is 0 Å². The van der Waals surface area contributed by atoms with Crippen LogP contribution < -0.4 is 0 Å². The van der Waals surface area contributed by atoms with E-state index in [0.717, 1.165) is 37.4 Å². The maximum Gasteiger partial charge on any atom is 0.168 e. The molecule has 2 unspecified atom stereocenters. The van der Waals surface area contributed by atoms with Crippen LogP contribution in [0.15, 0.2) is 0 Å². The number of thioether (sulfide) groups is 1. The van der Waals surface area contributed by atoms with Gasteiger partial charge in [0.15, 0.2) is 5.78 Å². The minimum absolute atomic E-state index is 0.0399. The molecule has 3 fully saturated rings. The summed E-state index contributed by atoms with van der Waals surface area (Å²) in [6, 6.07) is 0. The van der Waals surface area contributed by atoms with Crippen LogP contribution in [0.1, 0.15) is 39.0 Å². The molecule has 0 aliphatic carbocycles. The maximum atomic E-state index is 13.2. The Morgan fingerprint density at radius 3 is 2.76 bits per heavy atom. The van der Waals surface area contributed by atoms with Crippen molar-refractivity contribution in [3.63, 3.8) is 0 Å². The molecule has 3 aliphatic heterocycles. The number of Topliss-reactive ketones (excluding diaryl/α,β-unsaturated/α-hetero) is 1. The smallest absolute Gasteiger partial charge is 0.168 e. The lowest BCUT2D eigenvalue weighted by atomic mass is 9.75. The molecular formula is C16H26O4S. The molecule has 0 aromatic rings. The van der Waals surface area contributed by atoms with Gasteiger partial charge in [-0.25, -0.2) is 0 Å². The fourth-order valence-electron chi connectivity index (χ4n) is 3.93. The lowest BCUT2D eigenvalue weighted by molar-refractivity contribution is -0.169. The van der Waals surface area contributed by atoms with Crippen LogP contribution in [0.4, 0.5) is 0 Å². The van der Waals surface area contributed by atoms with Crippen molar-refractivity contribution in [2.45, 2.75) is 50.2 Å². The Morgan fingerprint density at radius 2 is 2.10 bits per heavy atom. The van der Waals surface area contributed by atoms with Crippen molar-refractivity contribution in [1.82, 2.24) is 0 Å². The molecule has 1 spiro atoms. The van der Waals surface area contributed by atoms with E-state index in [4.69, 9.17) is 14.2 Å². The minimum Gasteiger partial charge on any atom is -0.381 e. The Hall–Kier alpha value is -0.100. The Balaban J connectivity index is 1.72. The van der Waals surface area contributed by atoms with E-state index in [1.165, 1.54) is 0 Å². The number of hydrogen-bond acceptors (Lipinski definition) is 5. The van der Waals surface area contributed by atoms with Crippen molar-refractivity contribution < 1.29 is 19.0 Å². The van der Waals surface area contributed by atoms with Gasteiger partial charge in [-0.1, -0.05) is 0 Å². The van der Waals surface area contributed by atoms with Crippen LogP contribution >= 0.6 is 11.8 Å². The fourth-order valence-corrected chi connectivity index (χ4v) is 5.30. The highest BCUT2D eigenvalue weighted by Crippen LogP contribution is 2.43. The molecule has 3 rings (SSSR count). The molecule has 0 radical (unpaired) electrons. The molecule has 3 aliphatic rings. The Labute approximate surface area is 131 Å². The molecule has 0 saturated carbocycles. The first kappa shape index (κ1) is 15.8. The van der Waals surface area contributed by atoms with Gasteiger partial charge in [0, 0.05) is 50.9 Å². The van der Waals surface area contributed by atoms with E-state index in [0.29, 0.717) is 38.4 Å². The van der Waals surface area contributed by atoms with E-state index < -0.39 is 5.60 Å². The van der Waals surface area contributed by atoms with Gasteiger partial charge in [-0.05, 0) is 31.9 Å². The first-order valence-electron chi connectivity index (χ1n) is 8.17. The molecule has 5 heteroatoms. The van der Waals surface area contributed by atoms with Gasteiger partial charge in [0.2, 0.25) is 0 Å². The van der Waals surface area contributed by atoms with Crippen LogP contribution in [0.2, 0.25) is 0 Å². The van der Waals surface area contributed by atoms with Crippen molar-refractivity contribution in [2.24, 2.45) is 5.92 Å². The molecule has 0 aromatic heterocycles. The third-order valence-corrected chi connectivity index (χ3v) is 6.32. The number of ether oxygens (including phenoxy) is 3. The molecule has 0 bridgehead atoms. The summed E-state index contributed by atoms with van der Waals surface area (Å²) in [7, 11) is 0. The molecule has 4 nitrogen and oxygen atoms in total. The molecule has 120 valence electrons. The fraction of sp³-hybridized carbons (Fsp3) is 0.938. The quantitative estimate of drug-likeness (QED) is 0.797. The highest BCUT2D eigenvalue weighted by atomic mass is 32.2. The molecular weight excluding hydrogens is 288 g/mol. The van der Waals surface area contributed by atoms with Crippen LogP contribution in [0, 0.1) is 5.92 Å². The lowest BCUT2D eigenvalue weighted by Crippen LogP contribution is -2.52. The van der Waals surface area contributed by atoms with Gasteiger partial charge in [-0.15, -0.1) is 0 Å². The molecule has 3 saturated heterocycles. The normalized spacial score (nSPS) is 36.0. The summed E-state index contributed by atoms with van der Waals surface area (Å²) in [5.41, 5.74) is -0.635. The van der Waals surface area contributed by atoms with Crippen molar-refractivity contribution in [2.75, 3.05) is 37.9 Å². The zero-order chi connectivity index (χ0) is 14.8. The highest BCUT2D eigenvalue weighted by Gasteiger charge is 2.49. The third kappa shape index (κ3) is 3.16. The summed E-state index contributed by atoms with van der Waals surface area (Å²) in [6.45, 7) is 4.56. The van der Waals surface area contributed by atoms with Gasteiger partial charge < -0.3 is 14.2 Å². The Bertz CT molecular complexity index is 367. The average molecular weight is 314 g/mol. The van der Waals surface area contributed by atoms with E-state index in [9.17, 15) is 4.79 Å². The monoisotopic (exact) mass is 314 g/mol.